The molecule has 0 unspecified atom stereocenters. The zero-order valence-corrected chi connectivity index (χ0v) is 5.57. The molecule has 0 aromatic carbocycles. The zero-order valence-electron chi connectivity index (χ0n) is 5.57. The fraction of sp³-hybridized carbons (Fsp3) is 0.400. The second-order valence-corrected chi connectivity index (χ2v) is 1.83. The number of aromatic amines is 1. The van der Waals surface area contributed by atoms with Crippen LogP contribution in [0.3, 0.4) is 0 Å². The van der Waals surface area contributed by atoms with Gasteiger partial charge < -0.3 is 5.11 Å². The molecule has 0 saturated carbocycles. The fourth-order valence-corrected chi connectivity index (χ4v) is 0.558. The molecule has 59 valence electrons. The Kier molecular flexibility index (Phi) is 2.17. The van der Waals surface area contributed by atoms with Gasteiger partial charge in [-0.15, -0.1) is 0 Å². The van der Waals surface area contributed by atoms with E-state index < -0.39 is 11.1 Å². The topological polar surface area (TPSA) is 88.0 Å². The van der Waals surface area contributed by atoms with Crippen LogP contribution < -0.4 is 11.1 Å². The van der Waals surface area contributed by atoms with Crippen molar-refractivity contribution in [2.45, 2.75) is 6.54 Å². The van der Waals surface area contributed by atoms with Crippen molar-refractivity contribution in [1.82, 2.24) is 14.8 Å². The van der Waals surface area contributed by atoms with Gasteiger partial charge >= 0.3 is 11.1 Å². The molecule has 0 aliphatic heterocycles. The Morgan fingerprint density at radius 1 is 1.64 bits per heavy atom. The SMILES string of the molecule is O=c1n[c]n(CCO)[nH]c1=O. The van der Waals surface area contributed by atoms with Crippen LogP contribution in [0.25, 0.3) is 0 Å². The van der Waals surface area contributed by atoms with E-state index in [9.17, 15) is 9.59 Å². The molecule has 0 amide bonds. The van der Waals surface area contributed by atoms with Crippen molar-refractivity contribution >= 4 is 0 Å². The summed E-state index contributed by atoms with van der Waals surface area (Å²) in [6, 6.07) is 0. The molecule has 0 aliphatic carbocycles. The lowest BCUT2D eigenvalue weighted by Gasteiger charge is -1.98. The molecule has 0 spiro atoms. The standard InChI is InChI=1S/C5H6N3O3/c9-2-1-8-3-6-4(10)5(11)7-8/h9H,1-2H2,(H,7,11). The van der Waals surface area contributed by atoms with Crippen molar-refractivity contribution in [3.8, 4) is 0 Å². The summed E-state index contributed by atoms with van der Waals surface area (Å²) < 4.78 is 1.11. The van der Waals surface area contributed by atoms with Gasteiger partial charge in [0.05, 0.1) is 13.2 Å². The largest absolute Gasteiger partial charge is 0.394 e. The lowest BCUT2D eigenvalue weighted by Crippen LogP contribution is -2.33. The molecule has 1 heterocycles. The van der Waals surface area contributed by atoms with E-state index in [1.807, 2.05) is 0 Å². The maximum Gasteiger partial charge on any atom is 0.338 e. The Morgan fingerprint density at radius 2 is 2.36 bits per heavy atom. The number of aliphatic hydroxyl groups excluding tert-OH is 1. The number of hydrogen-bond acceptors (Lipinski definition) is 4. The van der Waals surface area contributed by atoms with Crippen LogP contribution in [0, 0.1) is 6.33 Å². The first kappa shape index (κ1) is 7.67. The van der Waals surface area contributed by atoms with Crippen LogP contribution in [0.2, 0.25) is 0 Å². The first-order valence-electron chi connectivity index (χ1n) is 2.94. The molecule has 0 fully saturated rings. The van der Waals surface area contributed by atoms with Crippen molar-refractivity contribution in [3.63, 3.8) is 0 Å². The number of nitrogens with zero attached hydrogens (tertiary/aromatic N) is 2. The van der Waals surface area contributed by atoms with Crippen LogP contribution in [-0.2, 0) is 6.54 Å². The van der Waals surface area contributed by atoms with E-state index in [2.05, 4.69) is 16.4 Å². The molecule has 2 N–H and O–H groups in total. The number of rotatable bonds is 2. The number of H-pyrrole nitrogens is 1. The molecule has 0 aliphatic rings. The lowest BCUT2D eigenvalue weighted by atomic mass is 10.7. The minimum Gasteiger partial charge on any atom is -0.394 e. The van der Waals surface area contributed by atoms with Gasteiger partial charge in [0.25, 0.3) is 0 Å². The van der Waals surface area contributed by atoms with Crippen molar-refractivity contribution < 1.29 is 5.11 Å². The molecule has 6 heteroatoms. The number of hydrogen-bond donors (Lipinski definition) is 2. The Bertz CT molecular complexity index is 339. The van der Waals surface area contributed by atoms with E-state index in [0.717, 1.165) is 4.68 Å². The highest BCUT2D eigenvalue weighted by Gasteiger charge is 1.94. The molecule has 1 radical (unpaired) electrons. The normalized spacial score (nSPS) is 9.91. The summed E-state index contributed by atoms with van der Waals surface area (Å²) >= 11 is 0. The van der Waals surface area contributed by atoms with Crippen LogP contribution in [-0.4, -0.2) is 26.5 Å². The quantitative estimate of drug-likeness (QED) is 0.472. The zero-order chi connectivity index (χ0) is 8.27. The highest BCUT2D eigenvalue weighted by atomic mass is 16.3. The predicted octanol–water partition coefficient (Wildman–Crippen LogP) is -2.28. The number of nitrogens with one attached hydrogen (secondary N) is 1. The van der Waals surface area contributed by atoms with Crippen LogP contribution in [0.15, 0.2) is 9.59 Å². The average Bonchev–Trinajstić information content (AvgIpc) is 1.98. The van der Waals surface area contributed by atoms with Gasteiger partial charge in [-0.05, 0) is 0 Å². The molecule has 1 aromatic rings. The highest BCUT2D eigenvalue weighted by molar-refractivity contribution is 4.68. The first-order valence-corrected chi connectivity index (χ1v) is 2.94. The molecule has 1 aromatic heterocycles. The molecule has 0 bridgehead atoms. The van der Waals surface area contributed by atoms with Crippen molar-refractivity contribution in [3.05, 3.63) is 27.0 Å². The summed E-state index contributed by atoms with van der Waals surface area (Å²) in [5, 5.41) is 10.6. The molecule has 1 rings (SSSR count). The van der Waals surface area contributed by atoms with Crippen molar-refractivity contribution in [1.29, 1.82) is 0 Å². The Hall–Kier alpha value is -1.43. The van der Waals surface area contributed by atoms with Crippen LogP contribution >= 0.6 is 0 Å². The minimum absolute atomic E-state index is 0.142. The summed E-state index contributed by atoms with van der Waals surface area (Å²) in [6.45, 7) is 0.0273. The molecule has 0 atom stereocenters. The van der Waals surface area contributed by atoms with E-state index in [1.54, 1.807) is 0 Å². The average molecular weight is 156 g/mol. The van der Waals surface area contributed by atoms with E-state index in [1.165, 1.54) is 0 Å². The predicted molar refractivity (Wildman–Crippen MR) is 35.0 cm³/mol. The van der Waals surface area contributed by atoms with Gasteiger partial charge in [0, 0.05) is 0 Å². The van der Waals surface area contributed by atoms with Crippen molar-refractivity contribution in [2.24, 2.45) is 0 Å². The van der Waals surface area contributed by atoms with Crippen LogP contribution in [0.5, 0.6) is 0 Å². The maximum absolute atomic E-state index is 10.6. The summed E-state index contributed by atoms with van der Waals surface area (Å²) in [5.41, 5.74) is -1.68. The highest BCUT2D eigenvalue weighted by Crippen LogP contribution is 1.69. The van der Waals surface area contributed by atoms with Gasteiger partial charge in [0.1, 0.15) is 0 Å². The second kappa shape index (κ2) is 3.11. The first-order chi connectivity index (χ1) is 5.24. The van der Waals surface area contributed by atoms with Gasteiger partial charge in [-0.3, -0.25) is 19.4 Å². The molecule has 0 saturated heterocycles. The summed E-state index contributed by atoms with van der Waals surface area (Å²) in [7, 11) is 0. The summed E-state index contributed by atoms with van der Waals surface area (Å²) in [4.78, 5) is 24.1. The van der Waals surface area contributed by atoms with E-state index in [-0.39, 0.29) is 13.2 Å². The Morgan fingerprint density at radius 3 is 2.91 bits per heavy atom. The lowest BCUT2D eigenvalue weighted by molar-refractivity contribution is 0.266. The van der Waals surface area contributed by atoms with Gasteiger partial charge in [-0.1, -0.05) is 0 Å². The smallest absolute Gasteiger partial charge is 0.338 e. The monoisotopic (exact) mass is 156 g/mol. The minimum atomic E-state index is -0.876. The molecule has 11 heavy (non-hydrogen) atoms. The molecular weight excluding hydrogens is 150 g/mol. The van der Waals surface area contributed by atoms with Crippen LogP contribution in [0.1, 0.15) is 0 Å². The Balaban J connectivity index is 3.06. The fourth-order valence-electron chi connectivity index (χ4n) is 0.558. The van der Waals surface area contributed by atoms with Gasteiger partial charge in [0.15, 0.2) is 6.33 Å². The Labute approximate surface area is 61.1 Å². The number of aliphatic hydroxyl groups is 1. The third kappa shape index (κ3) is 1.74. The maximum atomic E-state index is 10.6. The third-order valence-corrected chi connectivity index (χ3v) is 1.03. The second-order valence-electron chi connectivity index (χ2n) is 1.83. The van der Waals surface area contributed by atoms with E-state index in [0.29, 0.717) is 0 Å². The van der Waals surface area contributed by atoms with E-state index in [4.69, 9.17) is 5.11 Å². The van der Waals surface area contributed by atoms with Gasteiger partial charge in [-0.25, -0.2) is 0 Å². The summed E-state index contributed by atoms with van der Waals surface area (Å²) in [5.74, 6) is 0. The van der Waals surface area contributed by atoms with Gasteiger partial charge in [0.2, 0.25) is 0 Å². The van der Waals surface area contributed by atoms with Gasteiger partial charge in [-0.2, -0.15) is 4.98 Å². The molecule has 6 nitrogen and oxygen atoms in total. The van der Waals surface area contributed by atoms with E-state index >= 15 is 0 Å². The van der Waals surface area contributed by atoms with Crippen molar-refractivity contribution in [2.75, 3.05) is 6.61 Å². The summed E-state index contributed by atoms with van der Waals surface area (Å²) in [6.07, 6.45) is 2.22. The number of aromatic nitrogens is 3. The molecular formula is C5H6N3O3. The van der Waals surface area contributed by atoms with Crippen LogP contribution in [0.4, 0.5) is 0 Å². The third-order valence-electron chi connectivity index (χ3n) is 1.03.